The summed E-state index contributed by atoms with van der Waals surface area (Å²) < 4.78 is 36.4. The third-order valence-corrected chi connectivity index (χ3v) is 6.52. The van der Waals surface area contributed by atoms with E-state index in [1.807, 2.05) is 13.1 Å². The highest BCUT2D eigenvalue weighted by atomic mass is 32.2. The second-order valence-electron chi connectivity index (χ2n) is 7.09. The van der Waals surface area contributed by atoms with Crippen LogP contribution in [0, 0.1) is 0 Å². The van der Waals surface area contributed by atoms with Crippen LogP contribution in [0.4, 0.5) is 5.69 Å². The number of ether oxygens (including phenoxy) is 1. The minimum Gasteiger partial charge on any atom is -0.497 e. The Kier molecular flexibility index (Phi) is 5.31. The summed E-state index contributed by atoms with van der Waals surface area (Å²) in [6.07, 6.45) is 4.23. The van der Waals surface area contributed by atoms with Crippen molar-refractivity contribution in [1.82, 2.24) is 14.3 Å². The fourth-order valence-corrected chi connectivity index (χ4v) is 4.73. The number of carbonyl (C=O) groups excluding carboxylic acids is 1. The summed E-state index contributed by atoms with van der Waals surface area (Å²) in [6, 6.07) is 11.2. The summed E-state index contributed by atoms with van der Waals surface area (Å²) in [6.45, 7) is 0. The van der Waals surface area contributed by atoms with Crippen LogP contribution < -0.4 is 14.8 Å². The van der Waals surface area contributed by atoms with Crippen LogP contribution in [-0.2, 0) is 28.3 Å². The zero-order chi connectivity index (χ0) is 21.3. The van der Waals surface area contributed by atoms with Crippen molar-refractivity contribution in [2.24, 2.45) is 7.05 Å². The van der Waals surface area contributed by atoms with Gasteiger partial charge in [0.2, 0.25) is 15.9 Å². The predicted octanol–water partition coefficient (Wildman–Crippen LogP) is 2.38. The number of anilines is 1. The Morgan fingerprint density at radius 2 is 2.03 bits per heavy atom. The first-order valence-electron chi connectivity index (χ1n) is 9.43. The van der Waals surface area contributed by atoms with Gasteiger partial charge >= 0.3 is 0 Å². The van der Waals surface area contributed by atoms with Gasteiger partial charge in [-0.2, -0.15) is 4.72 Å². The molecule has 4 rings (SSSR count). The number of amides is 1. The van der Waals surface area contributed by atoms with Gasteiger partial charge in [-0.3, -0.25) is 4.79 Å². The average molecular weight is 426 g/mol. The van der Waals surface area contributed by atoms with Crippen LogP contribution in [0.25, 0.3) is 0 Å². The molecule has 0 fully saturated rings. The standard InChI is InChI=1S/C21H22N4O4S/c1-25-11-10-22-21(25)20(15-4-3-5-16(12-15)29-2)24-30(27,28)17-7-8-18-14(13-17)6-9-19(26)23-18/h3-5,7-8,10-13,20,24H,6,9H2,1-2H3,(H,23,26)/t20-/m1/s1. The van der Waals surface area contributed by atoms with Gasteiger partial charge in [-0.25, -0.2) is 13.4 Å². The number of hydrogen-bond acceptors (Lipinski definition) is 5. The molecule has 0 saturated carbocycles. The molecule has 0 bridgehead atoms. The molecule has 30 heavy (non-hydrogen) atoms. The minimum absolute atomic E-state index is 0.0656. The molecule has 2 heterocycles. The lowest BCUT2D eigenvalue weighted by molar-refractivity contribution is -0.116. The van der Waals surface area contributed by atoms with E-state index >= 15 is 0 Å². The van der Waals surface area contributed by atoms with E-state index in [1.54, 1.807) is 54.4 Å². The average Bonchev–Trinajstić information content (AvgIpc) is 3.17. The van der Waals surface area contributed by atoms with E-state index in [-0.39, 0.29) is 10.8 Å². The highest BCUT2D eigenvalue weighted by molar-refractivity contribution is 7.89. The molecular formula is C21H22N4O4S. The highest BCUT2D eigenvalue weighted by Crippen LogP contribution is 2.29. The number of aromatic nitrogens is 2. The van der Waals surface area contributed by atoms with Gasteiger partial charge in [-0.05, 0) is 47.9 Å². The van der Waals surface area contributed by atoms with Crippen LogP contribution in [0.1, 0.15) is 29.4 Å². The molecule has 0 radical (unpaired) electrons. The first kappa shape index (κ1) is 20.1. The summed E-state index contributed by atoms with van der Waals surface area (Å²) in [5, 5.41) is 2.77. The first-order valence-corrected chi connectivity index (χ1v) is 10.9. The molecule has 2 N–H and O–H groups in total. The Balaban J connectivity index is 1.72. The summed E-state index contributed by atoms with van der Waals surface area (Å²) in [5.74, 6) is 1.11. The maximum absolute atomic E-state index is 13.3. The van der Waals surface area contributed by atoms with Crippen LogP contribution in [0.3, 0.4) is 0 Å². The second kappa shape index (κ2) is 7.92. The molecule has 8 nitrogen and oxygen atoms in total. The number of imidazole rings is 1. The molecule has 2 aromatic carbocycles. The van der Waals surface area contributed by atoms with Crippen LogP contribution in [-0.4, -0.2) is 31.0 Å². The quantitative estimate of drug-likeness (QED) is 0.630. The Morgan fingerprint density at radius 3 is 2.77 bits per heavy atom. The van der Waals surface area contributed by atoms with E-state index in [0.29, 0.717) is 35.7 Å². The highest BCUT2D eigenvalue weighted by Gasteiger charge is 2.27. The van der Waals surface area contributed by atoms with Crippen LogP contribution in [0.15, 0.2) is 59.8 Å². The molecule has 1 atom stereocenters. The number of carbonyl (C=O) groups is 1. The maximum Gasteiger partial charge on any atom is 0.241 e. The number of rotatable bonds is 6. The third kappa shape index (κ3) is 3.94. The molecule has 9 heteroatoms. The van der Waals surface area contributed by atoms with Crippen molar-refractivity contribution in [3.05, 3.63) is 71.8 Å². The van der Waals surface area contributed by atoms with Gasteiger partial charge in [0.1, 0.15) is 17.6 Å². The number of methoxy groups -OCH3 is 1. The second-order valence-corrected chi connectivity index (χ2v) is 8.81. The summed E-state index contributed by atoms with van der Waals surface area (Å²) in [4.78, 5) is 16.1. The number of benzene rings is 2. The van der Waals surface area contributed by atoms with E-state index in [9.17, 15) is 13.2 Å². The lowest BCUT2D eigenvalue weighted by atomic mass is 10.0. The fraction of sp³-hybridized carbons (Fsp3) is 0.238. The molecule has 156 valence electrons. The van der Waals surface area contributed by atoms with Crippen LogP contribution in [0.5, 0.6) is 5.75 Å². The van der Waals surface area contributed by atoms with Crippen molar-refractivity contribution >= 4 is 21.6 Å². The van der Waals surface area contributed by atoms with E-state index in [2.05, 4.69) is 15.0 Å². The Labute approximate surface area is 175 Å². The zero-order valence-electron chi connectivity index (χ0n) is 16.6. The largest absolute Gasteiger partial charge is 0.497 e. The van der Waals surface area contributed by atoms with E-state index < -0.39 is 16.1 Å². The van der Waals surface area contributed by atoms with Crippen molar-refractivity contribution in [3.63, 3.8) is 0 Å². The van der Waals surface area contributed by atoms with Crippen molar-refractivity contribution in [1.29, 1.82) is 0 Å². The summed E-state index contributed by atoms with van der Waals surface area (Å²) in [5.41, 5.74) is 2.16. The molecular weight excluding hydrogens is 404 g/mol. The number of nitrogens with zero attached hydrogens (tertiary/aromatic N) is 2. The van der Waals surface area contributed by atoms with Gasteiger partial charge in [0, 0.05) is 31.5 Å². The lowest BCUT2D eigenvalue weighted by Crippen LogP contribution is -2.31. The molecule has 3 aromatic rings. The molecule has 0 spiro atoms. The van der Waals surface area contributed by atoms with E-state index in [1.165, 1.54) is 6.07 Å². The Hall–Kier alpha value is -3.17. The Bertz CT molecular complexity index is 1200. The molecule has 0 saturated heterocycles. The summed E-state index contributed by atoms with van der Waals surface area (Å²) >= 11 is 0. The Morgan fingerprint density at radius 1 is 1.20 bits per heavy atom. The molecule has 1 amide bonds. The minimum atomic E-state index is -3.87. The molecule has 1 aromatic heterocycles. The molecule has 1 aliphatic heterocycles. The number of fused-ring (bicyclic) bond motifs is 1. The van der Waals surface area contributed by atoms with Crippen molar-refractivity contribution in [2.45, 2.75) is 23.8 Å². The molecule has 0 unspecified atom stereocenters. The molecule has 1 aliphatic rings. The SMILES string of the molecule is COc1cccc([C@@H](NS(=O)(=O)c2ccc3c(c2)CCC(=O)N3)c2nccn2C)c1. The maximum atomic E-state index is 13.3. The lowest BCUT2D eigenvalue weighted by Gasteiger charge is -2.21. The molecule has 0 aliphatic carbocycles. The first-order chi connectivity index (χ1) is 14.4. The number of aryl methyl sites for hydroxylation is 2. The number of sulfonamides is 1. The van der Waals surface area contributed by atoms with Crippen LogP contribution >= 0.6 is 0 Å². The monoisotopic (exact) mass is 426 g/mol. The van der Waals surface area contributed by atoms with E-state index in [0.717, 1.165) is 5.56 Å². The van der Waals surface area contributed by atoms with Crippen molar-refractivity contribution in [2.75, 3.05) is 12.4 Å². The predicted molar refractivity (Wildman–Crippen MR) is 112 cm³/mol. The van der Waals surface area contributed by atoms with Gasteiger partial charge in [0.05, 0.1) is 12.0 Å². The van der Waals surface area contributed by atoms with Crippen LogP contribution in [0.2, 0.25) is 0 Å². The van der Waals surface area contributed by atoms with E-state index in [4.69, 9.17) is 4.74 Å². The fourth-order valence-electron chi connectivity index (χ4n) is 3.50. The van der Waals surface area contributed by atoms with Crippen molar-refractivity contribution < 1.29 is 17.9 Å². The van der Waals surface area contributed by atoms with Gasteiger partial charge in [0.25, 0.3) is 0 Å². The zero-order valence-corrected chi connectivity index (χ0v) is 17.4. The van der Waals surface area contributed by atoms with Gasteiger partial charge in [0.15, 0.2) is 0 Å². The summed E-state index contributed by atoms with van der Waals surface area (Å²) in [7, 11) is -0.503. The number of hydrogen-bond donors (Lipinski definition) is 2. The van der Waals surface area contributed by atoms with Gasteiger partial charge in [-0.15, -0.1) is 0 Å². The third-order valence-electron chi connectivity index (χ3n) is 5.10. The van der Waals surface area contributed by atoms with Gasteiger partial charge in [-0.1, -0.05) is 12.1 Å². The smallest absolute Gasteiger partial charge is 0.241 e. The number of nitrogens with one attached hydrogen (secondary N) is 2. The van der Waals surface area contributed by atoms with Crippen molar-refractivity contribution in [3.8, 4) is 5.75 Å². The van der Waals surface area contributed by atoms with Gasteiger partial charge < -0.3 is 14.6 Å². The normalized spacial score (nSPS) is 14.7. The topological polar surface area (TPSA) is 102 Å².